The highest BCUT2D eigenvalue weighted by molar-refractivity contribution is 5.09. The number of furan rings is 1. The van der Waals surface area contributed by atoms with Crippen molar-refractivity contribution in [1.82, 2.24) is 4.90 Å². The summed E-state index contributed by atoms with van der Waals surface area (Å²) in [5, 5.41) is 0. The van der Waals surface area contributed by atoms with Crippen LogP contribution in [0.5, 0.6) is 0 Å². The van der Waals surface area contributed by atoms with Gasteiger partial charge in [-0.15, -0.1) is 0 Å². The molecular formula is C12H20N2O. The number of hydrogen-bond donors (Lipinski definition) is 1. The Morgan fingerprint density at radius 1 is 1.40 bits per heavy atom. The van der Waals surface area contributed by atoms with Crippen molar-refractivity contribution < 1.29 is 4.42 Å². The third-order valence-electron chi connectivity index (χ3n) is 3.29. The predicted molar refractivity (Wildman–Crippen MR) is 60.6 cm³/mol. The van der Waals surface area contributed by atoms with Crippen LogP contribution >= 0.6 is 0 Å². The standard InChI is InChI=1S/C12H20N2O/c1-9-3-4-12(15-9)10(2)14-7-5-11(13)6-8-14/h3-4,10-11H,5-8,13H2,1-2H3. The Hall–Kier alpha value is -0.800. The maximum Gasteiger partial charge on any atom is 0.121 e. The molecule has 0 bridgehead atoms. The molecule has 15 heavy (non-hydrogen) atoms. The van der Waals surface area contributed by atoms with E-state index in [-0.39, 0.29) is 0 Å². The Morgan fingerprint density at radius 3 is 2.60 bits per heavy atom. The minimum Gasteiger partial charge on any atom is -0.465 e. The van der Waals surface area contributed by atoms with Gasteiger partial charge >= 0.3 is 0 Å². The van der Waals surface area contributed by atoms with Gasteiger partial charge in [0.1, 0.15) is 11.5 Å². The summed E-state index contributed by atoms with van der Waals surface area (Å²) in [5.74, 6) is 2.06. The van der Waals surface area contributed by atoms with E-state index in [1.54, 1.807) is 0 Å². The van der Waals surface area contributed by atoms with E-state index in [1.165, 1.54) is 0 Å². The Kier molecular flexibility index (Phi) is 3.12. The summed E-state index contributed by atoms with van der Waals surface area (Å²) >= 11 is 0. The van der Waals surface area contributed by atoms with E-state index >= 15 is 0 Å². The molecule has 1 fully saturated rings. The molecule has 1 aliphatic heterocycles. The van der Waals surface area contributed by atoms with Crippen LogP contribution in [0.15, 0.2) is 16.5 Å². The minimum absolute atomic E-state index is 0.381. The lowest BCUT2D eigenvalue weighted by Crippen LogP contribution is -2.40. The van der Waals surface area contributed by atoms with E-state index in [2.05, 4.69) is 17.9 Å². The molecule has 1 aliphatic rings. The van der Waals surface area contributed by atoms with Crippen LogP contribution < -0.4 is 5.73 Å². The summed E-state index contributed by atoms with van der Waals surface area (Å²) < 4.78 is 5.65. The normalized spacial score (nSPS) is 21.8. The Bertz CT molecular complexity index is 313. The number of nitrogens with two attached hydrogens (primary N) is 1. The highest BCUT2D eigenvalue weighted by atomic mass is 16.3. The first-order chi connectivity index (χ1) is 7.16. The molecule has 1 saturated heterocycles. The first kappa shape index (κ1) is 10.7. The molecule has 1 aromatic heterocycles. The summed E-state index contributed by atoms with van der Waals surface area (Å²) in [6, 6.07) is 4.88. The monoisotopic (exact) mass is 208 g/mol. The SMILES string of the molecule is Cc1ccc(C(C)N2CCC(N)CC2)o1. The van der Waals surface area contributed by atoms with Crippen molar-refractivity contribution in [3.05, 3.63) is 23.7 Å². The van der Waals surface area contributed by atoms with Gasteiger partial charge in [-0.2, -0.15) is 0 Å². The molecule has 2 N–H and O–H groups in total. The zero-order valence-corrected chi connectivity index (χ0v) is 9.57. The van der Waals surface area contributed by atoms with Gasteiger partial charge in [-0.05, 0) is 38.8 Å². The zero-order valence-electron chi connectivity index (χ0n) is 9.57. The van der Waals surface area contributed by atoms with Crippen molar-refractivity contribution in [3.8, 4) is 0 Å². The highest BCUT2D eigenvalue weighted by Gasteiger charge is 2.23. The van der Waals surface area contributed by atoms with E-state index in [4.69, 9.17) is 10.2 Å². The molecule has 0 amide bonds. The molecule has 2 heterocycles. The number of hydrogen-bond acceptors (Lipinski definition) is 3. The van der Waals surface area contributed by atoms with Crippen LogP contribution in [0.3, 0.4) is 0 Å². The molecule has 0 radical (unpaired) electrons. The summed E-state index contributed by atoms with van der Waals surface area (Å²) in [7, 11) is 0. The van der Waals surface area contributed by atoms with E-state index < -0.39 is 0 Å². The van der Waals surface area contributed by atoms with Crippen LogP contribution in [0.25, 0.3) is 0 Å². The molecule has 0 aromatic carbocycles. The molecule has 0 spiro atoms. The third-order valence-corrected chi connectivity index (χ3v) is 3.29. The average molecular weight is 208 g/mol. The lowest BCUT2D eigenvalue weighted by atomic mass is 10.0. The fourth-order valence-electron chi connectivity index (χ4n) is 2.16. The van der Waals surface area contributed by atoms with Crippen molar-refractivity contribution in [1.29, 1.82) is 0 Å². The maximum absolute atomic E-state index is 5.89. The first-order valence-corrected chi connectivity index (χ1v) is 5.73. The van der Waals surface area contributed by atoms with Gasteiger partial charge in [-0.25, -0.2) is 0 Å². The van der Waals surface area contributed by atoms with Crippen LogP contribution in [0.4, 0.5) is 0 Å². The Labute approximate surface area is 91.2 Å². The van der Waals surface area contributed by atoms with Gasteiger partial charge in [0, 0.05) is 19.1 Å². The van der Waals surface area contributed by atoms with Gasteiger partial charge in [0.25, 0.3) is 0 Å². The second-order valence-corrected chi connectivity index (χ2v) is 4.50. The van der Waals surface area contributed by atoms with Crippen molar-refractivity contribution in [2.24, 2.45) is 5.73 Å². The fraction of sp³-hybridized carbons (Fsp3) is 0.667. The summed E-state index contributed by atoms with van der Waals surface area (Å²) in [6.07, 6.45) is 2.20. The smallest absolute Gasteiger partial charge is 0.121 e. The lowest BCUT2D eigenvalue weighted by Gasteiger charge is -2.33. The van der Waals surface area contributed by atoms with Crippen LogP contribution in [0, 0.1) is 6.92 Å². The molecule has 3 nitrogen and oxygen atoms in total. The molecule has 3 heteroatoms. The van der Waals surface area contributed by atoms with Crippen molar-refractivity contribution in [2.75, 3.05) is 13.1 Å². The lowest BCUT2D eigenvalue weighted by molar-refractivity contribution is 0.146. The summed E-state index contributed by atoms with van der Waals surface area (Å²) in [6.45, 7) is 6.36. The second kappa shape index (κ2) is 4.37. The molecule has 1 unspecified atom stereocenters. The number of rotatable bonds is 2. The van der Waals surface area contributed by atoms with Crippen LogP contribution in [0.2, 0.25) is 0 Å². The van der Waals surface area contributed by atoms with Crippen molar-refractivity contribution in [2.45, 2.75) is 38.8 Å². The van der Waals surface area contributed by atoms with Gasteiger partial charge in [0.2, 0.25) is 0 Å². The second-order valence-electron chi connectivity index (χ2n) is 4.50. The van der Waals surface area contributed by atoms with E-state index in [0.717, 1.165) is 37.5 Å². The number of aryl methyl sites for hydroxylation is 1. The van der Waals surface area contributed by atoms with Crippen LogP contribution in [-0.2, 0) is 0 Å². The van der Waals surface area contributed by atoms with Gasteiger partial charge in [-0.1, -0.05) is 0 Å². The number of piperidine rings is 1. The molecule has 84 valence electrons. The van der Waals surface area contributed by atoms with Gasteiger partial charge in [0.15, 0.2) is 0 Å². The van der Waals surface area contributed by atoms with E-state index in [0.29, 0.717) is 12.1 Å². The van der Waals surface area contributed by atoms with Gasteiger partial charge < -0.3 is 10.2 Å². The van der Waals surface area contributed by atoms with Gasteiger partial charge in [-0.3, -0.25) is 4.90 Å². The van der Waals surface area contributed by atoms with Gasteiger partial charge in [0.05, 0.1) is 6.04 Å². The van der Waals surface area contributed by atoms with E-state index in [9.17, 15) is 0 Å². The Balaban J connectivity index is 1.99. The number of likely N-dealkylation sites (tertiary alicyclic amines) is 1. The number of nitrogens with zero attached hydrogens (tertiary/aromatic N) is 1. The maximum atomic E-state index is 5.89. The molecule has 1 aromatic rings. The van der Waals surface area contributed by atoms with E-state index in [1.807, 2.05) is 13.0 Å². The first-order valence-electron chi connectivity index (χ1n) is 5.73. The highest BCUT2D eigenvalue weighted by Crippen LogP contribution is 2.25. The molecule has 0 saturated carbocycles. The average Bonchev–Trinajstić information content (AvgIpc) is 2.65. The minimum atomic E-state index is 0.381. The van der Waals surface area contributed by atoms with Crippen LogP contribution in [0.1, 0.15) is 37.3 Å². The Morgan fingerprint density at radius 2 is 2.07 bits per heavy atom. The molecule has 1 atom stereocenters. The topological polar surface area (TPSA) is 42.4 Å². The summed E-state index contributed by atoms with van der Waals surface area (Å²) in [4.78, 5) is 2.45. The molecular weight excluding hydrogens is 188 g/mol. The molecule has 0 aliphatic carbocycles. The van der Waals surface area contributed by atoms with Crippen LogP contribution in [-0.4, -0.2) is 24.0 Å². The third kappa shape index (κ3) is 2.41. The summed E-state index contributed by atoms with van der Waals surface area (Å²) in [5.41, 5.74) is 5.89. The zero-order chi connectivity index (χ0) is 10.8. The van der Waals surface area contributed by atoms with Crippen molar-refractivity contribution >= 4 is 0 Å². The quantitative estimate of drug-likeness (QED) is 0.809. The molecule has 2 rings (SSSR count). The predicted octanol–water partition coefficient (Wildman–Crippen LogP) is 2.07. The van der Waals surface area contributed by atoms with Crippen molar-refractivity contribution in [3.63, 3.8) is 0 Å². The fourth-order valence-corrected chi connectivity index (χ4v) is 2.16. The largest absolute Gasteiger partial charge is 0.465 e.